The first-order valence-electron chi connectivity index (χ1n) is 6.51. The van der Waals surface area contributed by atoms with Crippen LogP contribution in [0.2, 0.25) is 19.1 Å². The second-order valence-electron chi connectivity index (χ2n) is 5.60. The van der Waals surface area contributed by atoms with E-state index in [4.69, 9.17) is 11.1 Å². The smallest absolute Gasteiger partial charge is 0.152 e. The Labute approximate surface area is 124 Å². The van der Waals surface area contributed by atoms with Crippen LogP contribution in [0.1, 0.15) is 11.1 Å². The summed E-state index contributed by atoms with van der Waals surface area (Å²) < 4.78 is 0. The van der Waals surface area contributed by atoms with E-state index >= 15 is 0 Å². The van der Waals surface area contributed by atoms with Crippen molar-refractivity contribution in [2.24, 2.45) is 0 Å². The van der Waals surface area contributed by atoms with Crippen LogP contribution in [0, 0.1) is 0 Å². The first-order valence-corrected chi connectivity index (χ1v) is 11.3. The molecule has 100 valence electrons. The highest BCUT2D eigenvalue weighted by molar-refractivity contribution is 7.23. The molecular weight excluding hydrogens is 287 g/mol. The normalized spacial score (nSPS) is 12.4. The first kappa shape index (κ1) is 14.8. The molecule has 2 aromatic carbocycles. The summed E-state index contributed by atoms with van der Waals surface area (Å²) in [5.74, 6) is 0. The summed E-state index contributed by atoms with van der Waals surface area (Å²) in [6, 6.07) is 22.3. The lowest BCUT2D eigenvalue weighted by Gasteiger charge is -2.34. The van der Waals surface area contributed by atoms with Gasteiger partial charge in [0.2, 0.25) is 0 Å². The molecule has 0 saturated carbocycles. The average Bonchev–Trinajstić information content (AvgIpc) is 2.39. The van der Waals surface area contributed by atoms with Crippen LogP contribution in [-0.4, -0.2) is 7.38 Å². The van der Waals surface area contributed by atoms with Gasteiger partial charge in [-0.3, -0.25) is 0 Å². The Bertz CT molecular complexity index is 480. The van der Waals surface area contributed by atoms with Crippen molar-refractivity contribution in [3.05, 3.63) is 71.8 Å². The Balaban J connectivity index is 2.51. The molecule has 2 aromatic rings. The van der Waals surface area contributed by atoms with E-state index in [1.54, 1.807) is 0 Å². The van der Waals surface area contributed by atoms with E-state index < -0.39 is 7.38 Å². The minimum absolute atomic E-state index is 0.0833. The number of hydrogen-bond acceptors (Lipinski definition) is 0. The van der Waals surface area contributed by atoms with Crippen LogP contribution in [0.3, 0.4) is 0 Å². The highest BCUT2D eigenvalue weighted by atomic mass is 35.6. The van der Waals surface area contributed by atoms with Crippen LogP contribution < -0.4 is 0 Å². The monoisotopic (exact) mass is 306 g/mol. The Hall–Kier alpha value is -0.623. The predicted molar refractivity (Wildman–Crippen MR) is 91.5 cm³/mol. The van der Waals surface area contributed by atoms with Crippen LogP contribution in [0.15, 0.2) is 60.7 Å². The number of rotatable bonds is 4. The van der Waals surface area contributed by atoms with Crippen molar-refractivity contribution in [1.82, 2.24) is 0 Å². The van der Waals surface area contributed by atoms with Crippen molar-refractivity contribution >= 4 is 27.7 Å². The predicted octanol–water partition coefficient (Wildman–Crippen LogP) is 5.25. The van der Waals surface area contributed by atoms with E-state index in [0.29, 0.717) is 0 Å². The van der Waals surface area contributed by atoms with Crippen molar-refractivity contribution in [2.45, 2.75) is 24.3 Å². The average molecular weight is 307 g/mol. The summed E-state index contributed by atoms with van der Waals surface area (Å²) in [5.41, 5.74) is 2.62. The quantitative estimate of drug-likeness (QED) is 0.411. The third kappa shape index (κ3) is 3.69. The maximum absolute atomic E-state index is 6.64. The topological polar surface area (TPSA) is 0 Å². The van der Waals surface area contributed by atoms with Gasteiger partial charge in [0, 0.05) is 5.16 Å². The van der Waals surface area contributed by atoms with Crippen LogP contribution >= 0.6 is 20.3 Å². The number of benzene rings is 2. The Morgan fingerprint density at radius 2 is 1.26 bits per heavy atom. The number of halogens is 1. The summed E-state index contributed by atoms with van der Waals surface area (Å²) in [5, 5.41) is -0.0833. The Kier molecular flexibility index (Phi) is 4.50. The summed E-state index contributed by atoms with van der Waals surface area (Å²) in [6.45, 7) is 4.42. The summed E-state index contributed by atoms with van der Waals surface area (Å²) in [7, 11) is 1.35. The molecule has 2 rings (SSSR count). The molecule has 1 atom stereocenters. The minimum atomic E-state index is -1.71. The lowest BCUT2D eigenvalue weighted by molar-refractivity contribution is 0.824. The summed E-state index contributed by atoms with van der Waals surface area (Å²) in [4.78, 5) is 0. The second kappa shape index (κ2) is 5.79. The van der Waals surface area contributed by atoms with E-state index in [9.17, 15) is 0 Å². The molecule has 0 fully saturated rings. The SMILES string of the molecule is C[Si](C)(Cl)CC(P)(c1ccccc1)c1ccccc1. The number of hydrogen-bond donors (Lipinski definition) is 0. The molecule has 0 N–H and O–H groups in total. The van der Waals surface area contributed by atoms with Crippen molar-refractivity contribution in [3.63, 3.8) is 0 Å². The molecule has 3 heteroatoms. The van der Waals surface area contributed by atoms with Gasteiger partial charge in [-0.05, 0) is 17.2 Å². The molecule has 0 radical (unpaired) electrons. The van der Waals surface area contributed by atoms with Gasteiger partial charge >= 0.3 is 0 Å². The molecule has 0 heterocycles. The zero-order valence-electron chi connectivity index (χ0n) is 11.4. The first-order chi connectivity index (χ1) is 8.92. The van der Waals surface area contributed by atoms with Crippen molar-refractivity contribution < 1.29 is 0 Å². The molecule has 19 heavy (non-hydrogen) atoms. The molecule has 0 aromatic heterocycles. The van der Waals surface area contributed by atoms with E-state index in [1.807, 2.05) is 0 Å². The minimum Gasteiger partial charge on any atom is -0.168 e. The van der Waals surface area contributed by atoms with Crippen LogP contribution in [0.25, 0.3) is 0 Å². The van der Waals surface area contributed by atoms with Gasteiger partial charge in [0.15, 0.2) is 7.38 Å². The van der Waals surface area contributed by atoms with Gasteiger partial charge in [-0.1, -0.05) is 73.8 Å². The van der Waals surface area contributed by atoms with Crippen LogP contribution in [0.5, 0.6) is 0 Å². The van der Waals surface area contributed by atoms with Gasteiger partial charge in [-0.2, -0.15) is 11.1 Å². The Morgan fingerprint density at radius 1 is 0.895 bits per heavy atom. The van der Waals surface area contributed by atoms with Gasteiger partial charge in [-0.25, -0.2) is 0 Å². The van der Waals surface area contributed by atoms with Gasteiger partial charge < -0.3 is 0 Å². The second-order valence-corrected chi connectivity index (χ2v) is 13.4. The van der Waals surface area contributed by atoms with Crippen LogP contribution in [-0.2, 0) is 5.16 Å². The summed E-state index contributed by atoms with van der Waals surface area (Å²) in [6.07, 6.45) is 0. The fourth-order valence-electron chi connectivity index (χ4n) is 2.50. The molecule has 0 bridgehead atoms. The van der Waals surface area contributed by atoms with Crippen molar-refractivity contribution in [1.29, 1.82) is 0 Å². The molecule has 0 aliphatic rings. The van der Waals surface area contributed by atoms with E-state index in [0.717, 1.165) is 6.04 Å². The standard InChI is InChI=1S/C16H20ClPSi/c1-19(2,17)13-16(18,14-9-5-3-6-10-14)15-11-7-4-8-12-15/h3-12H,13,18H2,1-2H3. The third-order valence-corrected chi connectivity index (χ3v) is 6.36. The maximum Gasteiger partial charge on any atom is 0.152 e. The largest absolute Gasteiger partial charge is 0.168 e. The van der Waals surface area contributed by atoms with Gasteiger partial charge in [-0.15, -0.1) is 9.24 Å². The Morgan fingerprint density at radius 3 is 1.58 bits per heavy atom. The molecule has 0 aliphatic heterocycles. The molecule has 0 spiro atoms. The van der Waals surface area contributed by atoms with E-state index in [2.05, 4.69) is 83.0 Å². The molecular formula is C16H20ClPSi. The highest BCUT2D eigenvalue weighted by Gasteiger charge is 2.35. The highest BCUT2D eigenvalue weighted by Crippen LogP contribution is 2.46. The lowest BCUT2D eigenvalue weighted by Crippen LogP contribution is -2.30. The van der Waals surface area contributed by atoms with E-state index in [1.165, 1.54) is 11.1 Å². The van der Waals surface area contributed by atoms with Crippen LogP contribution in [0.4, 0.5) is 0 Å². The molecule has 0 amide bonds. The fraction of sp³-hybridized carbons (Fsp3) is 0.250. The van der Waals surface area contributed by atoms with Gasteiger partial charge in [0.25, 0.3) is 0 Å². The lowest BCUT2D eigenvalue weighted by atomic mass is 9.92. The zero-order valence-corrected chi connectivity index (χ0v) is 14.3. The molecule has 0 aliphatic carbocycles. The van der Waals surface area contributed by atoms with Gasteiger partial charge in [0.1, 0.15) is 0 Å². The zero-order chi connectivity index (χ0) is 13.9. The molecule has 0 nitrogen and oxygen atoms in total. The van der Waals surface area contributed by atoms with Crippen molar-refractivity contribution in [3.8, 4) is 0 Å². The molecule has 1 unspecified atom stereocenters. The third-order valence-electron chi connectivity index (χ3n) is 3.28. The van der Waals surface area contributed by atoms with Crippen molar-refractivity contribution in [2.75, 3.05) is 0 Å². The summed E-state index contributed by atoms with van der Waals surface area (Å²) >= 11 is 6.64. The fourth-order valence-corrected chi connectivity index (χ4v) is 7.18. The van der Waals surface area contributed by atoms with Gasteiger partial charge in [0.05, 0.1) is 0 Å². The maximum atomic E-state index is 6.64. The van der Waals surface area contributed by atoms with E-state index in [-0.39, 0.29) is 5.16 Å². The molecule has 0 saturated heterocycles.